The maximum atomic E-state index is 12.3. The average molecular weight is 331 g/mol. The highest BCUT2D eigenvalue weighted by molar-refractivity contribution is 5.99. The fraction of sp³-hybridized carbons (Fsp3) is 0.471. The third kappa shape index (κ3) is 2.81. The summed E-state index contributed by atoms with van der Waals surface area (Å²) >= 11 is 0. The molecule has 3 N–H and O–H groups in total. The van der Waals surface area contributed by atoms with E-state index < -0.39 is 17.4 Å². The van der Waals surface area contributed by atoms with Crippen molar-refractivity contribution in [2.75, 3.05) is 0 Å². The summed E-state index contributed by atoms with van der Waals surface area (Å²) < 4.78 is 1.77. The van der Waals surface area contributed by atoms with Crippen LogP contribution in [-0.4, -0.2) is 32.1 Å². The summed E-state index contributed by atoms with van der Waals surface area (Å²) in [6, 6.07) is 5.16. The van der Waals surface area contributed by atoms with Gasteiger partial charge in [-0.3, -0.25) is 9.36 Å². The van der Waals surface area contributed by atoms with E-state index in [0.29, 0.717) is 11.1 Å². The van der Waals surface area contributed by atoms with E-state index in [1.807, 2.05) is 0 Å². The molecule has 1 aromatic heterocycles. The number of nitrogens with one attached hydrogen (secondary N) is 2. The second-order valence-corrected chi connectivity index (χ2v) is 6.85. The van der Waals surface area contributed by atoms with Crippen LogP contribution >= 0.6 is 0 Å². The topological polar surface area (TPSA) is 104 Å². The van der Waals surface area contributed by atoms with E-state index >= 15 is 0 Å². The molecule has 0 atom stereocenters. The van der Waals surface area contributed by atoms with Crippen molar-refractivity contribution in [3.05, 3.63) is 34.2 Å². The van der Waals surface area contributed by atoms with E-state index in [-0.39, 0.29) is 11.7 Å². The highest BCUT2D eigenvalue weighted by atomic mass is 16.4. The molecule has 1 aliphatic rings. The molecule has 7 heteroatoms. The second kappa shape index (κ2) is 5.81. The van der Waals surface area contributed by atoms with Crippen molar-refractivity contribution >= 4 is 22.9 Å². The SMILES string of the molecule is CC(C)(NC(=O)c1ccc2c(c1)[nH]c(=O)n2C1CCCC1)C(=O)O. The molecule has 0 bridgehead atoms. The molecular weight excluding hydrogens is 310 g/mol. The number of rotatable bonds is 4. The summed E-state index contributed by atoms with van der Waals surface area (Å²) in [6.45, 7) is 2.84. The molecule has 24 heavy (non-hydrogen) atoms. The molecule has 128 valence electrons. The molecule has 0 spiro atoms. The first-order valence-electron chi connectivity index (χ1n) is 8.10. The van der Waals surface area contributed by atoms with Crippen LogP contribution in [0.3, 0.4) is 0 Å². The van der Waals surface area contributed by atoms with E-state index in [1.165, 1.54) is 13.8 Å². The maximum absolute atomic E-state index is 12.3. The van der Waals surface area contributed by atoms with Gasteiger partial charge in [0.15, 0.2) is 0 Å². The van der Waals surface area contributed by atoms with Crippen LogP contribution in [-0.2, 0) is 4.79 Å². The number of carboxylic acids is 1. The molecule has 7 nitrogen and oxygen atoms in total. The highest BCUT2D eigenvalue weighted by Crippen LogP contribution is 2.30. The van der Waals surface area contributed by atoms with Gasteiger partial charge >= 0.3 is 11.7 Å². The Balaban J connectivity index is 1.94. The first-order valence-corrected chi connectivity index (χ1v) is 8.10. The summed E-state index contributed by atoms with van der Waals surface area (Å²) in [5.41, 5.74) is 0.153. The molecule has 0 saturated heterocycles. The summed E-state index contributed by atoms with van der Waals surface area (Å²) in [6.07, 6.45) is 4.22. The minimum Gasteiger partial charge on any atom is -0.480 e. The first-order chi connectivity index (χ1) is 11.3. The zero-order valence-electron chi connectivity index (χ0n) is 13.8. The van der Waals surface area contributed by atoms with Crippen molar-refractivity contribution in [2.24, 2.45) is 0 Å². The number of aliphatic carboxylic acids is 1. The average Bonchev–Trinajstić information content (AvgIpc) is 3.11. The minimum absolute atomic E-state index is 0.166. The molecular formula is C17H21N3O4. The number of imidazole rings is 1. The Hall–Kier alpha value is -2.57. The molecule has 3 rings (SSSR count). The molecule has 1 heterocycles. The molecule has 2 aromatic rings. The number of hydrogen-bond acceptors (Lipinski definition) is 3. The predicted molar refractivity (Wildman–Crippen MR) is 89.2 cm³/mol. The maximum Gasteiger partial charge on any atom is 0.328 e. The first kappa shape index (κ1) is 16.3. The lowest BCUT2D eigenvalue weighted by atomic mass is 10.0. The summed E-state index contributed by atoms with van der Waals surface area (Å²) in [5, 5.41) is 11.6. The normalized spacial score (nSPS) is 15.8. The van der Waals surface area contributed by atoms with Gasteiger partial charge in [0, 0.05) is 11.6 Å². The van der Waals surface area contributed by atoms with E-state index in [9.17, 15) is 14.4 Å². The predicted octanol–water partition coefficient (Wildman–Crippen LogP) is 2.04. The minimum atomic E-state index is -1.37. The number of amides is 1. The van der Waals surface area contributed by atoms with Crippen molar-refractivity contribution in [1.82, 2.24) is 14.9 Å². The van der Waals surface area contributed by atoms with Gasteiger partial charge in [-0.25, -0.2) is 9.59 Å². The Morgan fingerprint density at radius 1 is 1.29 bits per heavy atom. The van der Waals surface area contributed by atoms with Gasteiger partial charge in [-0.05, 0) is 44.9 Å². The van der Waals surface area contributed by atoms with Crippen LogP contribution in [0.15, 0.2) is 23.0 Å². The molecule has 1 aliphatic carbocycles. The summed E-state index contributed by atoms with van der Waals surface area (Å²) in [5.74, 6) is -1.60. The fourth-order valence-electron chi connectivity index (χ4n) is 3.21. The summed E-state index contributed by atoms with van der Waals surface area (Å²) in [7, 11) is 0. The largest absolute Gasteiger partial charge is 0.480 e. The Kier molecular flexibility index (Phi) is 3.95. The van der Waals surface area contributed by atoms with Gasteiger partial charge in [-0.15, -0.1) is 0 Å². The van der Waals surface area contributed by atoms with Gasteiger partial charge in [0.25, 0.3) is 5.91 Å². The number of aromatic nitrogens is 2. The number of carbonyl (C=O) groups excluding carboxylic acids is 1. The third-order valence-electron chi connectivity index (χ3n) is 4.63. The van der Waals surface area contributed by atoms with E-state index in [0.717, 1.165) is 31.2 Å². The van der Waals surface area contributed by atoms with E-state index in [2.05, 4.69) is 10.3 Å². The number of carboxylic acid groups (broad SMARTS) is 1. The number of benzene rings is 1. The van der Waals surface area contributed by atoms with Crippen LogP contribution < -0.4 is 11.0 Å². The molecule has 1 fully saturated rings. The number of carbonyl (C=O) groups is 2. The number of nitrogens with zero attached hydrogens (tertiary/aromatic N) is 1. The van der Waals surface area contributed by atoms with Gasteiger partial charge in [0.1, 0.15) is 5.54 Å². The smallest absolute Gasteiger partial charge is 0.328 e. The van der Waals surface area contributed by atoms with Gasteiger partial charge in [-0.2, -0.15) is 0 Å². The van der Waals surface area contributed by atoms with Crippen LogP contribution in [0.2, 0.25) is 0 Å². The Labute approximate surface area is 138 Å². The van der Waals surface area contributed by atoms with Crippen molar-refractivity contribution in [3.8, 4) is 0 Å². The second-order valence-electron chi connectivity index (χ2n) is 6.85. The van der Waals surface area contributed by atoms with Gasteiger partial charge in [0.2, 0.25) is 0 Å². The fourth-order valence-corrected chi connectivity index (χ4v) is 3.21. The van der Waals surface area contributed by atoms with Crippen molar-refractivity contribution in [3.63, 3.8) is 0 Å². The monoisotopic (exact) mass is 331 g/mol. The van der Waals surface area contributed by atoms with Gasteiger partial charge < -0.3 is 15.4 Å². The summed E-state index contributed by atoms with van der Waals surface area (Å²) in [4.78, 5) is 38.5. The zero-order chi connectivity index (χ0) is 17.5. The van der Waals surface area contributed by atoms with Gasteiger partial charge in [-0.1, -0.05) is 12.8 Å². The number of H-pyrrole nitrogens is 1. The lowest BCUT2D eigenvalue weighted by Gasteiger charge is -2.21. The van der Waals surface area contributed by atoms with Crippen molar-refractivity contribution < 1.29 is 14.7 Å². The number of aromatic amines is 1. The van der Waals surface area contributed by atoms with Crippen molar-refractivity contribution in [2.45, 2.75) is 51.1 Å². The van der Waals surface area contributed by atoms with Gasteiger partial charge in [0.05, 0.1) is 11.0 Å². The Morgan fingerprint density at radius 2 is 1.96 bits per heavy atom. The lowest BCUT2D eigenvalue weighted by molar-refractivity contribution is -0.143. The number of hydrogen-bond donors (Lipinski definition) is 3. The van der Waals surface area contributed by atoms with Crippen LogP contribution in [0.25, 0.3) is 11.0 Å². The van der Waals surface area contributed by atoms with E-state index in [1.54, 1.807) is 22.8 Å². The van der Waals surface area contributed by atoms with Crippen LogP contribution in [0.4, 0.5) is 0 Å². The molecule has 1 amide bonds. The quantitative estimate of drug-likeness (QED) is 0.797. The zero-order valence-corrected chi connectivity index (χ0v) is 13.8. The van der Waals surface area contributed by atoms with Crippen LogP contribution in [0, 0.1) is 0 Å². The third-order valence-corrected chi connectivity index (χ3v) is 4.63. The molecule has 0 radical (unpaired) electrons. The van der Waals surface area contributed by atoms with Crippen LogP contribution in [0.5, 0.6) is 0 Å². The lowest BCUT2D eigenvalue weighted by Crippen LogP contribution is -2.49. The van der Waals surface area contributed by atoms with Crippen molar-refractivity contribution in [1.29, 1.82) is 0 Å². The van der Waals surface area contributed by atoms with E-state index in [4.69, 9.17) is 5.11 Å². The molecule has 0 unspecified atom stereocenters. The Morgan fingerprint density at radius 3 is 2.58 bits per heavy atom. The standard InChI is InChI=1S/C17H21N3O4/c1-17(2,15(22)23)19-14(21)10-7-8-13-12(9-10)18-16(24)20(13)11-5-3-4-6-11/h7-9,11H,3-6H2,1-2H3,(H,18,24)(H,19,21)(H,22,23). The number of fused-ring (bicyclic) bond motifs is 1. The molecule has 0 aliphatic heterocycles. The van der Waals surface area contributed by atoms with Crippen LogP contribution in [0.1, 0.15) is 55.9 Å². The highest BCUT2D eigenvalue weighted by Gasteiger charge is 2.29. The Bertz CT molecular complexity index is 856. The molecule has 1 saturated carbocycles. The molecule has 1 aromatic carbocycles.